The smallest absolute Gasteiger partial charge is 0.222 e. The van der Waals surface area contributed by atoms with E-state index in [4.69, 9.17) is 0 Å². The van der Waals surface area contributed by atoms with Gasteiger partial charge in [0.15, 0.2) is 0 Å². The summed E-state index contributed by atoms with van der Waals surface area (Å²) in [5.41, 5.74) is 0. The zero-order valence-corrected chi connectivity index (χ0v) is 7.53. The van der Waals surface area contributed by atoms with Gasteiger partial charge in [0, 0.05) is 31.3 Å². The van der Waals surface area contributed by atoms with Crippen LogP contribution in [0.25, 0.3) is 0 Å². The van der Waals surface area contributed by atoms with Crippen molar-refractivity contribution in [1.29, 1.82) is 0 Å². The highest BCUT2D eigenvalue weighted by Gasteiger charge is 2.53. The summed E-state index contributed by atoms with van der Waals surface area (Å²) in [6.07, 6.45) is 3.37. The normalized spacial score (nSPS) is 42.8. The van der Waals surface area contributed by atoms with E-state index >= 15 is 0 Å². The number of nitrogens with zero attached hydrogens (tertiary/aromatic N) is 1. The molecule has 0 N–H and O–H groups in total. The zero-order chi connectivity index (χ0) is 9.00. The van der Waals surface area contributed by atoms with Crippen molar-refractivity contribution < 1.29 is 9.59 Å². The minimum atomic E-state index is 0.211. The third kappa shape index (κ3) is 0.847. The molecule has 3 fully saturated rings. The van der Waals surface area contributed by atoms with Gasteiger partial charge in [0.2, 0.25) is 5.91 Å². The van der Waals surface area contributed by atoms with Crippen molar-refractivity contribution in [2.45, 2.75) is 31.7 Å². The largest absolute Gasteiger partial charge is 0.338 e. The molecule has 0 unspecified atom stereocenters. The summed E-state index contributed by atoms with van der Waals surface area (Å²) in [4.78, 5) is 24.9. The molecule has 3 aliphatic rings. The van der Waals surface area contributed by atoms with Crippen molar-refractivity contribution >= 4 is 11.7 Å². The highest BCUT2D eigenvalue weighted by molar-refractivity contribution is 5.88. The van der Waals surface area contributed by atoms with Crippen LogP contribution in [-0.4, -0.2) is 29.2 Å². The Morgan fingerprint density at radius 1 is 1.23 bits per heavy atom. The molecule has 0 aromatic carbocycles. The quantitative estimate of drug-likeness (QED) is 0.545. The lowest BCUT2D eigenvalue weighted by Crippen LogP contribution is -2.64. The molecular weight excluding hydrogens is 166 g/mol. The molecule has 2 saturated heterocycles. The molecule has 3 atom stereocenters. The second-order valence-electron chi connectivity index (χ2n) is 4.43. The summed E-state index contributed by atoms with van der Waals surface area (Å²) in [5.74, 6) is 1.53. The maximum absolute atomic E-state index is 11.5. The molecule has 0 spiro atoms. The molecule has 3 rings (SSSR count). The molecule has 0 radical (unpaired) electrons. The van der Waals surface area contributed by atoms with E-state index in [-0.39, 0.29) is 11.8 Å². The topological polar surface area (TPSA) is 37.4 Å². The summed E-state index contributed by atoms with van der Waals surface area (Å²) >= 11 is 0. The van der Waals surface area contributed by atoms with Gasteiger partial charge in [0.05, 0.1) is 0 Å². The molecule has 0 aromatic heterocycles. The molecule has 1 saturated carbocycles. The second kappa shape index (κ2) is 2.34. The van der Waals surface area contributed by atoms with Crippen molar-refractivity contribution in [1.82, 2.24) is 4.90 Å². The first-order valence-electron chi connectivity index (χ1n) is 5.09. The number of ketones is 1. The van der Waals surface area contributed by atoms with Gasteiger partial charge >= 0.3 is 0 Å². The van der Waals surface area contributed by atoms with Crippen LogP contribution in [0, 0.1) is 11.8 Å². The Hall–Kier alpha value is -0.860. The van der Waals surface area contributed by atoms with Gasteiger partial charge in [-0.15, -0.1) is 0 Å². The molecule has 3 nitrogen and oxygen atoms in total. The number of rotatable bonds is 0. The Bertz CT molecular complexity index is 287. The van der Waals surface area contributed by atoms with Gasteiger partial charge in [0.25, 0.3) is 0 Å². The fourth-order valence-corrected chi connectivity index (χ4v) is 3.13. The van der Waals surface area contributed by atoms with Crippen LogP contribution in [-0.2, 0) is 9.59 Å². The van der Waals surface area contributed by atoms with Crippen LogP contribution in [0.3, 0.4) is 0 Å². The van der Waals surface area contributed by atoms with Gasteiger partial charge < -0.3 is 4.90 Å². The van der Waals surface area contributed by atoms with Gasteiger partial charge in [0.1, 0.15) is 5.78 Å². The van der Waals surface area contributed by atoms with E-state index in [1.165, 1.54) is 0 Å². The summed E-state index contributed by atoms with van der Waals surface area (Å²) in [7, 11) is 0. The second-order valence-corrected chi connectivity index (χ2v) is 4.43. The van der Waals surface area contributed by atoms with Gasteiger partial charge in [-0.1, -0.05) is 0 Å². The average molecular weight is 179 g/mol. The predicted molar refractivity (Wildman–Crippen MR) is 46.0 cm³/mol. The van der Waals surface area contributed by atoms with Crippen LogP contribution in [0.1, 0.15) is 25.7 Å². The van der Waals surface area contributed by atoms with Crippen LogP contribution in [0.15, 0.2) is 0 Å². The van der Waals surface area contributed by atoms with Crippen molar-refractivity contribution in [3.63, 3.8) is 0 Å². The molecule has 70 valence electrons. The first-order valence-corrected chi connectivity index (χ1v) is 5.09. The SMILES string of the molecule is O=C1CCN2C(=O)CC[C@@H]3C[C@H]1[C@@H]32. The molecule has 0 bridgehead atoms. The van der Waals surface area contributed by atoms with E-state index in [1.54, 1.807) is 0 Å². The first kappa shape index (κ1) is 7.54. The lowest BCUT2D eigenvalue weighted by molar-refractivity contribution is -0.160. The summed E-state index contributed by atoms with van der Waals surface area (Å²) in [6, 6.07) is 0.308. The average Bonchev–Trinajstić information content (AvgIpc) is 2.07. The van der Waals surface area contributed by atoms with Crippen molar-refractivity contribution in [2.24, 2.45) is 11.8 Å². The molecular formula is C10H13NO2. The first-order chi connectivity index (χ1) is 6.27. The number of hydrogen-bond donors (Lipinski definition) is 0. The van der Waals surface area contributed by atoms with Gasteiger partial charge in [-0.05, 0) is 18.8 Å². The van der Waals surface area contributed by atoms with Crippen LogP contribution in [0.2, 0.25) is 0 Å². The van der Waals surface area contributed by atoms with E-state index in [9.17, 15) is 9.59 Å². The van der Waals surface area contributed by atoms with E-state index < -0.39 is 0 Å². The molecule has 2 heterocycles. The van der Waals surface area contributed by atoms with Crippen molar-refractivity contribution in [3.8, 4) is 0 Å². The third-order valence-corrected chi connectivity index (χ3v) is 3.87. The minimum absolute atomic E-state index is 0.211. The summed E-state index contributed by atoms with van der Waals surface area (Å²) in [5, 5.41) is 0. The van der Waals surface area contributed by atoms with E-state index in [1.807, 2.05) is 4.90 Å². The molecule has 1 aliphatic carbocycles. The fourth-order valence-electron chi connectivity index (χ4n) is 3.13. The van der Waals surface area contributed by atoms with Gasteiger partial charge in [-0.25, -0.2) is 0 Å². The van der Waals surface area contributed by atoms with E-state index in [2.05, 4.69) is 0 Å². The van der Waals surface area contributed by atoms with Crippen LogP contribution in [0.5, 0.6) is 0 Å². The Labute approximate surface area is 77.1 Å². The van der Waals surface area contributed by atoms with Crippen LogP contribution < -0.4 is 0 Å². The third-order valence-electron chi connectivity index (χ3n) is 3.87. The molecule has 1 amide bonds. The molecule has 13 heavy (non-hydrogen) atoms. The summed E-state index contributed by atoms with van der Waals surface area (Å²) in [6.45, 7) is 0.690. The van der Waals surface area contributed by atoms with E-state index in [0.717, 1.165) is 12.8 Å². The minimum Gasteiger partial charge on any atom is -0.338 e. The highest BCUT2D eigenvalue weighted by atomic mass is 16.2. The maximum Gasteiger partial charge on any atom is 0.222 e. The Balaban J connectivity index is 1.90. The lowest BCUT2D eigenvalue weighted by atomic mass is 9.61. The number of piperidine rings is 2. The number of Topliss-reactive ketones (excluding diaryl/α,β-unsaturated/α-hetero) is 1. The molecule has 2 aliphatic heterocycles. The van der Waals surface area contributed by atoms with Crippen molar-refractivity contribution in [2.75, 3.05) is 6.54 Å². The van der Waals surface area contributed by atoms with Crippen molar-refractivity contribution in [3.05, 3.63) is 0 Å². The monoisotopic (exact) mass is 179 g/mol. The lowest BCUT2D eigenvalue weighted by Gasteiger charge is -2.55. The van der Waals surface area contributed by atoms with Crippen LogP contribution in [0.4, 0.5) is 0 Å². The summed E-state index contributed by atoms with van der Waals surface area (Å²) < 4.78 is 0. The highest BCUT2D eigenvalue weighted by Crippen LogP contribution is 2.47. The molecule has 3 heteroatoms. The molecule has 0 aromatic rings. The number of amides is 1. The van der Waals surface area contributed by atoms with Gasteiger partial charge in [-0.3, -0.25) is 9.59 Å². The number of carbonyl (C=O) groups is 2. The fraction of sp³-hybridized carbons (Fsp3) is 0.800. The Kier molecular flexibility index (Phi) is 1.35. The van der Waals surface area contributed by atoms with Gasteiger partial charge in [-0.2, -0.15) is 0 Å². The Morgan fingerprint density at radius 3 is 2.92 bits per heavy atom. The zero-order valence-electron chi connectivity index (χ0n) is 7.53. The number of carbonyl (C=O) groups excluding carboxylic acids is 2. The maximum atomic E-state index is 11.5. The Morgan fingerprint density at radius 2 is 2.08 bits per heavy atom. The van der Waals surface area contributed by atoms with Crippen LogP contribution >= 0.6 is 0 Å². The predicted octanol–water partition coefficient (Wildman–Crippen LogP) is 0.586. The number of hydrogen-bond acceptors (Lipinski definition) is 2. The standard InChI is InChI=1S/C10H13NO2/c12-8-3-4-11-9(13)2-1-6-5-7(8)10(6)11/h6-7,10H,1-5H2/t6-,7-,10-/m1/s1. The van der Waals surface area contributed by atoms with E-state index in [0.29, 0.717) is 37.1 Å².